The van der Waals surface area contributed by atoms with Crippen LogP contribution < -0.4 is 5.32 Å². The molecule has 0 saturated carbocycles. The van der Waals surface area contributed by atoms with Crippen LogP contribution in [0.4, 0.5) is 5.82 Å². The van der Waals surface area contributed by atoms with Crippen molar-refractivity contribution in [3.63, 3.8) is 0 Å². The van der Waals surface area contributed by atoms with Crippen LogP contribution in [0.15, 0.2) is 17.8 Å². The van der Waals surface area contributed by atoms with Gasteiger partial charge in [-0.3, -0.25) is 0 Å². The molecule has 17 heavy (non-hydrogen) atoms. The van der Waals surface area contributed by atoms with Crippen molar-refractivity contribution in [2.75, 3.05) is 17.7 Å². The number of thiophene rings is 1. The zero-order valence-electron chi connectivity index (χ0n) is 9.66. The molecule has 1 N–H and O–H groups in total. The first-order valence-corrected chi connectivity index (χ1v) is 7.31. The molecule has 0 aliphatic carbocycles. The van der Waals surface area contributed by atoms with Crippen LogP contribution in [0.2, 0.25) is 0 Å². The molecule has 0 saturated heterocycles. The predicted molar refractivity (Wildman–Crippen MR) is 75.1 cm³/mol. The van der Waals surface area contributed by atoms with Crippen LogP contribution >= 0.6 is 22.9 Å². The van der Waals surface area contributed by atoms with Gasteiger partial charge in [0.2, 0.25) is 0 Å². The van der Waals surface area contributed by atoms with Gasteiger partial charge < -0.3 is 5.32 Å². The van der Waals surface area contributed by atoms with E-state index in [4.69, 9.17) is 11.6 Å². The summed E-state index contributed by atoms with van der Waals surface area (Å²) >= 11 is 7.28. The normalized spacial score (nSPS) is 10.9. The largest absolute Gasteiger partial charge is 0.369 e. The Hall–Kier alpha value is -0.870. The predicted octanol–water partition coefficient (Wildman–Crippen LogP) is 3.90. The summed E-state index contributed by atoms with van der Waals surface area (Å²) in [6.45, 7) is 0.963. The molecule has 0 unspecified atom stereocenters. The molecule has 0 aliphatic rings. The van der Waals surface area contributed by atoms with E-state index in [1.807, 2.05) is 5.38 Å². The number of aromatic nitrogens is 2. The molecule has 2 heterocycles. The van der Waals surface area contributed by atoms with Gasteiger partial charge in [-0.2, -0.15) is 0 Å². The zero-order chi connectivity index (χ0) is 11.9. The molecule has 2 aromatic rings. The Morgan fingerprint density at radius 2 is 2.06 bits per heavy atom. The van der Waals surface area contributed by atoms with E-state index in [0.717, 1.165) is 41.3 Å². The summed E-state index contributed by atoms with van der Waals surface area (Å²) in [6.07, 6.45) is 6.32. The van der Waals surface area contributed by atoms with Crippen molar-refractivity contribution in [1.82, 2.24) is 9.97 Å². The topological polar surface area (TPSA) is 37.8 Å². The van der Waals surface area contributed by atoms with Gasteiger partial charge in [0.1, 0.15) is 17.0 Å². The van der Waals surface area contributed by atoms with Crippen molar-refractivity contribution in [3.8, 4) is 0 Å². The average Bonchev–Trinajstić information content (AvgIpc) is 2.82. The maximum Gasteiger partial charge on any atom is 0.138 e. The molecule has 0 radical (unpaired) electrons. The Balaban J connectivity index is 1.80. The Labute approximate surface area is 110 Å². The van der Waals surface area contributed by atoms with Gasteiger partial charge >= 0.3 is 0 Å². The summed E-state index contributed by atoms with van der Waals surface area (Å²) < 4.78 is 0. The zero-order valence-corrected chi connectivity index (χ0v) is 11.2. The summed E-state index contributed by atoms with van der Waals surface area (Å²) in [5.74, 6) is 1.73. The summed E-state index contributed by atoms with van der Waals surface area (Å²) in [4.78, 5) is 9.55. The highest BCUT2D eigenvalue weighted by atomic mass is 35.5. The number of hydrogen-bond acceptors (Lipinski definition) is 4. The van der Waals surface area contributed by atoms with E-state index in [0.29, 0.717) is 0 Å². The number of fused-ring (bicyclic) bond motifs is 1. The van der Waals surface area contributed by atoms with Crippen LogP contribution in [0.1, 0.15) is 25.7 Å². The van der Waals surface area contributed by atoms with Gasteiger partial charge in [0, 0.05) is 12.4 Å². The third-order valence-corrected chi connectivity index (χ3v) is 3.70. The minimum Gasteiger partial charge on any atom is -0.369 e. The molecule has 0 amide bonds. The van der Waals surface area contributed by atoms with Gasteiger partial charge in [0.05, 0.1) is 5.39 Å². The summed E-state index contributed by atoms with van der Waals surface area (Å²) in [7, 11) is 0. The Kier molecular flexibility index (Phi) is 5.01. The highest BCUT2D eigenvalue weighted by Gasteiger charge is 2.03. The van der Waals surface area contributed by atoms with E-state index in [1.165, 1.54) is 12.8 Å². The highest BCUT2D eigenvalue weighted by Crippen LogP contribution is 2.23. The van der Waals surface area contributed by atoms with Crippen molar-refractivity contribution in [2.45, 2.75) is 25.7 Å². The van der Waals surface area contributed by atoms with E-state index < -0.39 is 0 Å². The summed E-state index contributed by atoms with van der Waals surface area (Å²) in [6, 6.07) is 2.07. The van der Waals surface area contributed by atoms with E-state index in [-0.39, 0.29) is 0 Å². The fourth-order valence-electron chi connectivity index (χ4n) is 1.71. The monoisotopic (exact) mass is 269 g/mol. The number of nitrogens with one attached hydrogen (secondary N) is 1. The first-order valence-electron chi connectivity index (χ1n) is 5.90. The molecule has 0 fully saturated rings. The van der Waals surface area contributed by atoms with Crippen molar-refractivity contribution >= 4 is 39.0 Å². The number of anilines is 1. The number of nitrogens with zero attached hydrogens (tertiary/aromatic N) is 2. The minimum atomic E-state index is 0.773. The first-order chi connectivity index (χ1) is 8.42. The van der Waals surface area contributed by atoms with Crippen LogP contribution in [0, 0.1) is 0 Å². The maximum absolute atomic E-state index is 5.63. The van der Waals surface area contributed by atoms with Crippen LogP contribution in [0.5, 0.6) is 0 Å². The number of alkyl halides is 1. The molecule has 0 aromatic carbocycles. The quantitative estimate of drug-likeness (QED) is 0.612. The fraction of sp³-hybridized carbons (Fsp3) is 0.500. The molecule has 2 rings (SSSR count). The van der Waals surface area contributed by atoms with Crippen LogP contribution in [0.3, 0.4) is 0 Å². The van der Waals surface area contributed by atoms with Gasteiger partial charge in [-0.15, -0.1) is 22.9 Å². The molecule has 3 nitrogen and oxygen atoms in total. The second-order valence-corrected chi connectivity index (χ2v) is 5.16. The van der Waals surface area contributed by atoms with Crippen molar-refractivity contribution in [1.29, 1.82) is 0 Å². The van der Waals surface area contributed by atoms with Gasteiger partial charge in [0.25, 0.3) is 0 Å². The Morgan fingerprint density at radius 1 is 1.18 bits per heavy atom. The molecule has 0 bridgehead atoms. The van der Waals surface area contributed by atoms with Gasteiger partial charge in [0.15, 0.2) is 0 Å². The third kappa shape index (κ3) is 3.54. The van der Waals surface area contributed by atoms with Crippen molar-refractivity contribution < 1.29 is 0 Å². The van der Waals surface area contributed by atoms with E-state index in [9.17, 15) is 0 Å². The number of unbranched alkanes of at least 4 members (excludes halogenated alkanes) is 3. The number of hydrogen-bond donors (Lipinski definition) is 1. The number of halogens is 1. The molecule has 0 aliphatic heterocycles. The summed E-state index contributed by atoms with van der Waals surface area (Å²) in [5.41, 5.74) is 0. The van der Waals surface area contributed by atoms with E-state index in [2.05, 4.69) is 21.4 Å². The van der Waals surface area contributed by atoms with Crippen LogP contribution in [-0.4, -0.2) is 22.4 Å². The smallest absolute Gasteiger partial charge is 0.138 e. The molecule has 0 spiro atoms. The van der Waals surface area contributed by atoms with E-state index in [1.54, 1.807) is 17.7 Å². The summed E-state index contributed by atoms with van der Waals surface area (Å²) in [5, 5.41) is 6.54. The lowest BCUT2D eigenvalue weighted by molar-refractivity contribution is 0.687. The SMILES string of the molecule is ClCCCCCCNc1ncnc2sccc12. The average molecular weight is 270 g/mol. The molecular formula is C12H16ClN3S. The fourth-order valence-corrected chi connectivity index (χ4v) is 2.63. The minimum absolute atomic E-state index is 0.773. The standard InChI is InChI=1S/C12H16ClN3S/c13-6-3-1-2-4-7-14-11-10-5-8-17-12(10)16-9-15-11/h5,8-9H,1-4,6-7H2,(H,14,15,16). The van der Waals surface area contributed by atoms with Crippen LogP contribution in [0.25, 0.3) is 10.2 Å². The number of rotatable bonds is 7. The Bertz CT molecular complexity index is 458. The Morgan fingerprint density at radius 3 is 2.94 bits per heavy atom. The lowest BCUT2D eigenvalue weighted by Crippen LogP contribution is -2.03. The lowest BCUT2D eigenvalue weighted by atomic mass is 10.2. The molecule has 0 atom stereocenters. The third-order valence-electron chi connectivity index (χ3n) is 2.61. The first kappa shape index (κ1) is 12.6. The maximum atomic E-state index is 5.63. The second kappa shape index (κ2) is 6.77. The highest BCUT2D eigenvalue weighted by molar-refractivity contribution is 7.16. The molecular weight excluding hydrogens is 254 g/mol. The van der Waals surface area contributed by atoms with Gasteiger partial charge in [-0.1, -0.05) is 12.8 Å². The second-order valence-electron chi connectivity index (χ2n) is 3.89. The lowest BCUT2D eigenvalue weighted by Gasteiger charge is -2.05. The van der Waals surface area contributed by atoms with Gasteiger partial charge in [-0.05, 0) is 24.3 Å². The van der Waals surface area contributed by atoms with Gasteiger partial charge in [-0.25, -0.2) is 9.97 Å². The van der Waals surface area contributed by atoms with Crippen molar-refractivity contribution in [3.05, 3.63) is 17.8 Å². The molecule has 5 heteroatoms. The van der Waals surface area contributed by atoms with Crippen molar-refractivity contribution in [2.24, 2.45) is 0 Å². The van der Waals surface area contributed by atoms with Crippen LogP contribution in [-0.2, 0) is 0 Å². The molecule has 92 valence electrons. The molecule has 2 aromatic heterocycles. The van der Waals surface area contributed by atoms with E-state index >= 15 is 0 Å².